The van der Waals surface area contributed by atoms with Gasteiger partial charge >= 0.3 is 11.6 Å². The second-order valence-corrected chi connectivity index (χ2v) is 7.95. The predicted molar refractivity (Wildman–Crippen MR) is 127 cm³/mol. The van der Waals surface area contributed by atoms with Crippen molar-refractivity contribution in [2.45, 2.75) is 46.0 Å². The maximum atomic E-state index is 12.4. The van der Waals surface area contributed by atoms with Gasteiger partial charge in [0.1, 0.15) is 11.3 Å². The van der Waals surface area contributed by atoms with Crippen molar-refractivity contribution in [3.63, 3.8) is 0 Å². The van der Waals surface area contributed by atoms with E-state index in [1.165, 1.54) is 6.08 Å². The molecule has 172 valence electrons. The summed E-state index contributed by atoms with van der Waals surface area (Å²) in [7, 11) is 0. The van der Waals surface area contributed by atoms with Crippen LogP contribution in [-0.2, 0) is 17.6 Å². The average molecular weight is 449 g/mol. The first-order valence-corrected chi connectivity index (χ1v) is 11.5. The van der Waals surface area contributed by atoms with Gasteiger partial charge < -0.3 is 18.6 Å². The molecule has 0 saturated carbocycles. The number of fused-ring (bicyclic) bond motifs is 3. The van der Waals surface area contributed by atoms with Crippen LogP contribution in [-0.4, -0.2) is 19.2 Å². The first-order valence-electron chi connectivity index (χ1n) is 11.5. The summed E-state index contributed by atoms with van der Waals surface area (Å²) in [5, 5.41) is 0.905. The average Bonchev–Trinajstić information content (AvgIpc) is 3.30. The van der Waals surface area contributed by atoms with Crippen molar-refractivity contribution in [1.29, 1.82) is 0 Å². The van der Waals surface area contributed by atoms with Crippen molar-refractivity contribution in [3.8, 4) is 17.2 Å². The van der Waals surface area contributed by atoms with Crippen molar-refractivity contribution in [2.24, 2.45) is 0 Å². The maximum Gasteiger partial charge on any atom is 0.339 e. The Morgan fingerprint density at radius 2 is 1.88 bits per heavy atom. The van der Waals surface area contributed by atoms with Crippen LogP contribution in [0.25, 0.3) is 17.0 Å². The second kappa shape index (κ2) is 10.4. The Hall–Kier alpha value is -3.54. The number of unbranched alkanes of at least 4 members (excludes halogenated alkanes) is 1. The third-order valence-corrected chi connectivity index (χ3v) is 5.60. The lowest BCUT2D eigenvalue weighted by molar-refractivity contribution is -0.128. The standard InChI is InChI=1S/C27H28O6/c1-3-5-15-31-23-13-9-18(16-25(23)30-4-2)10-14-26(28)32-19-11-12-21-20-7-6-8-22(20)27(29)33-24(21)17-19/h9-14,16-17H,3-8,15H2,1-2H3/b14-10+. The third-order valence-electron chi connectivity index (χ3n) is 5.60. The van der Waals surface area contributed by atoms with Gasteiger partial charge in [0, 0.05) is 23.1 Å². The molecule has 0 N–H and O–H groups in total. The van der Waals surface area contributed by atoms with E-state index in [4.69, 9.17) is 18.6 Å². The lowest BCUT2D eigenvalue weighted by atomic mass is 10.1. The number of ether oxygens (including phenoxy) is 3. The molecule has 4 rings (SSSR count). The minimum Gasteiger partial charge on any atom is -0.490 e. The van der Waals surface area contributed by atoms with Crippen LogP contribution in [0.5, 0.6) is 17.2 Å². The highest BCUT2D eigenvalue weighted by atomic mass is 16.5. The van der Waals surface area contributed by atoms with Crippen molar-refractivity contribution in [2.75, 3.05) is 13.2 Å². The molecule has 0 aliphatic heterocycles. The van der Waals surface area contributed by atoms with Gasteiger partial charge in [0.15, 0.2) is 11.5 Å². The number of carbonyl (C=O) groups is 1. The summed E-state index contributed by atoms with van der Waals surface area (Å²) in [6.07, 6.45) is 7.62. The molecule has 0 atom stereocenters. The fraction of sp³-hybridized carbons (Fsp3) is 0.333. The largest absolute Gasteiger partial charge is 0.490 e. The van der Waals surface area contributed by atoms with Gasteiger partial charge in [-0.15, -0.1) is 0 Å². The Labute approximate surface area is 192 Å². The molecule has 1 aromatic heterocycles. The van der Waals surface area contributed by atoms with Gasteiger partial charge in [-0.25, -0.2) is 9.59 Å². The van der Waals surface area contributed by atoms with Crippen LogP contribution >= 0.6 is 0 Å². The van der Waals surface area contributed by atoms with Crippen LogP contribution in [0, 0.1) is 0 Å². The molecule has 2 aromatic carbocycles. The molecule has 0 unspecified atom stereocenters. The van der Waals surface area contributed by atoms with E-state index in [1.807, 2.05) is 31.2 Å². The highest BCUT2D eigenvalue weighted by Crippen LogP contribution is 2.31. The SMILES string of the molecule is CCCCOc1ccc(/C=C/C(=O)Oc2ccc3c4c(c(=O)oc3c2)CCC4)cc1OCC. The summed E-state index contributed by atoms with van der Waals surface area (Å²) in [6.45, 7) is 5.17. The number of rotatable bonds is 9. The first kappa shape index (κ1) is 22.6. The molecule has 0 fully saturated rings. The number of carbonyl (C=O) groups excluding carboxylic acids is 1. The quantitative estimate of drug-likeness (QED) is 0.142. The zero-order chi connectivity index (χ0) is 23.2. The molecule has 1 aliphatic carbocycles. The molecule has 1 heterocycles. The van der Waals surface area contributed by atoms with Crippen LogP contribution in [0.1, 0.15) is 49.8 Å². The van der Waals surface area contributed by atoms with Crippen molar-refractivity contribution in [1.82, 2.24) is 0 Å². The van der Waals surface area contributed by atoms with Crippen LogP contribution < -0.4 is 19.8 Å². The third kappa shape index (κ3) is 5.28. The lowest BCUT2D eigenvalue weighted by Gasteiger charge is -2.12. The molecular weight excluding hydrogens is 420 g/mol. The summed E-state index contributed by atoms with van der Waals surface area (Å²) < 4.78 is 22.3. The van der Waals surface area contributed by atoms with Gasteiger partial charge in [-0.2, -0.15) is 0 Å². The van der Waals surface area contributed by atoms with E-state index in [9.17, 15) is 9.59 Å². The van der Waals surface area contributed by atoms with E-state index < -0.39 is 5.97 Å². The Kier molecular flexibility index (Phi) is 7.13. The maximum absolute atomic E-state index is 12.4. The summed E-state index contributed by atoms with van der Waals surface area (Å²) in [6, 6.07) is 10.7. The van der Waals surface area contributed by atoms with Gasteiger partial charge in [-0.1, -0.05) is 19.4 Å². The summed E-state index contributed by atoms with van der Waals surface area (Å²) in [5.41, 5.74) is 2.74. The topological polar surface area (TPSA) is 75.0 Å². The van der Waals surface area contributed by atoms with Crippen LogP contribution in [0.15, 0.2) is 51.7 Å². The Morgan fingerprint density at radius 1 is 1.03 bits per heavy atom. The molecule has 6 heteroatoms. The summed E-state index contributed by atoms with van der Waals surface area (Å²) in [5.74, 6) is 1.13. The van der Waals surface area contributed by atoms with Gasteiger partial charge in [0.25, 0.3) is 0 Å². The molecular formula is C27H28O6. The molecule has 0 saturated heterocycles. The van der Waals surface area contributed by atoms with E-state index >= 15 is 0 Å². The highest BCUT2D eigenvalue weighted by molar-refractivity contribution is 5.90. The van der Waals surface area contributed by atoms with E-state index in [0.29, 0.717) is 36.0 Å². The second-order valence-electron chi connectivity index (χ2n) is 7.95. The monoisotopic (exact) mass is 448 g/mol. The number of hydrogen-bond donors (Lipinski definition) is 0. The minimum absolute atomic E-state index is 0.300. The number of benzene rings is 2. The first-order chi connectivity index (χ1) is 16.1. The predicted octanol–water partition coefficient (Wildman–Crippen LogP) is 5.48. The Bertz CT molecular complexity index is 1240. The van der Waals surface area contributed by atoms with Crippen LogP contribution in [0.3, 0.4) is 0 Å². The number of esters is 1. The number of aryl methyl sites for hydroxylation is 1. The molecule has 0 spiro atoms. The van der Waals surface area contributed by atoms with E-state index in [-0.39, 0.29) is 5.63 Å². The Morgan fingerprint density at radius 3 is 2.70 bits per heavy atom. The van der Waals surface area contributed by atoms with E-state index in [1.54, 1.807) is 18.2 Å². The molecule has 0 radical (unpaired) electrons. The van der Waals surface area contributed by atoms with Crippen molar-refractivity contribution in [3.05, 3.63) is 69.6 Å². The van der Waals surface area contributed by atoms with Gasteiger partial charge in [0.2, 0.25) is 0 Å². The minimum atomic E-state index is -0.529. The van der Waals surface area contributed by atoms with Crippen molar-refractivity contribution < 1.29 is 23.4 Å². The van der Waals surface area contributed by atoms with Crippen molar-refractivity contribution >= 4 is 23.0 Å². The molecule has 1 aliphatic rings. The zero-order valence-electron chi connectivity index (χ0n) is 19.0. The van der Waals surface area contributed by atoms with Gasteiger partial charge in [-0.05, 0) is 74.1 Å². The molecule has 3 aromatic rings. The van der Waals surface area contributed by atoms with Crippen LogP contribution in [0.2, 0.25) is 0 Å². The molecule has 0 amide bonds. The normalized spacial score (nSPS) is 12.8. The van der Waals surface area contributed by atoms with E-state index in [0.717, 1.165) is 54.2 Å². The summed E-state index contributed by atoms with van der Waals surface area (Å²) in [4.78, 5) is 24.6. The number of hydrogen-bond acceptors (Lipinski definition) is 6. The smallest absolute Gasteiger partial charge is 0.339 e. The fourth-order valence-electron chi connectivity index (χ4n) is 3.98. The molecule has 33 heavy (non-hydrogen) atoms. The highest BCUT2D eigenvalue weighted by Gasteiger charge is 2.19. The lowest BCUT2D eigenvalue weighted by Crippen LogP contribution is -2.07. The molecule has 6 nitrogen and oxygen atoms in total. The van der Waals surface area contributed by atoms with Crippen LogP contribution in [0.4, 0.5) is 0 Å². The Balaban J connectivity index is 1.46. The molecule has 0 bridgehead atoms. The van der Waals surface area contributed by atoms with E-state index in [2.05, 4.69) is 6.92 Å². The van der Waals surface area contributed by atoms with Gasteiger partial charge in [-0.3, -0.25) is 0 Å². The fourth-order valence-corrected chi connectivity index (χ4v) is 3.98. The van der Waals surface area contributed by atoms with Gasteiger partial charge in [0.05, 0.1) is 13.2 Å². The zero-order valence-corrected chi connectivity index (χ0v) is 19.0. The summed E-state index contributed by atoms with van der Waals surface area (Å²) >= 11 is 0.